The van der Waals surface area contributed by atoms with E-state index in [4.69, 9.17) is 11.5 Å². The Hall–Kier alpha value is -1.17. The zero-order valence-electron chi connectivity index (χ0n) is 8.24. The molecular formula is C8H15N3O2S. The van der Waals surface area contributed by atoms with Crippen molar-refractivity contribution >= 4 is 29.0 Å². The number of nitrogens with one attached hydrogen (secondary N) is 1. The van der Waals surface area contributed by atoms with Crippen LogP contribution in [0, 0.1) is 5.92 Å². The number of thiocarbonyl (C=S) groups is 1. The average molecular weight is 217 g/mol. The van der Waals surface area contributed by atoms with E-state index in [1.165, 1.54) is 0 Å². The second-order valence-corrected chi connectivity index (χ2v) is 3.86. The SMILES string of the molecule is CC(C)C(NC(=O)CC(N)=S)C(N)=O. The van der Waals surface area contributed by atoms with E-state index in [0.717, 1.165) is 0 Å². The minimum Gasteiger partial charge on any atom is -0.393 e. The van der Waals surface area contributed by atoms with Crippen LogP contribution >= 0.6 is 12.2 Å². The van der Waals surface area contributed by atoms with E-state index in [-0.39, 0.29) is 23.2 Å². The zero-order valence-corrected chi connectivity index (χ0v) is 9.06. The van der Waals surface area contributed by atoms with Gasteiger partial charge < -0.3 is 16.8 Å². The molecule has 0 rings (SSSR count). The van der Waals surface area contributed by atoms with Crippen LogP contribution in [0.4, 0.5) is 0 Å². The summed E-state index contributed by atoms with van der Waals surface area (Å²) < 4.78 is 0. The Labute approximate surface area is 88.2 Å². The highest BCUT2D eigenvalue weighted by Gasteiger charge is 2.21. The van der Waals surface area contributed by atoms with Crippen molar-refractivity contribution in [3.05, 3.63) is 0 Å². The Morgan fingerprint density at radius 3 is 2.14 bits per heavy atom. The molecule has 0 fully saturated rings. The fourth-order valence-corrected chi connectivity index (χ4v) is 1.08. The number of carbonyl (C=O) groups excluding carboxylic acids is 2. The molecule has 0 saturated heterocycles. The van der Waals surface area contributed by atoms with Crippen molar-refractivity contribution in [2.75, 3.05) is 0 Å². The zero-order chi connectivity index (χ0) is 11.3. The molecule has 0 spiro atoms. The third-order valence-electron chi connectivity index (χ3n) is 1.62. The molecule has 0 aromatic heterocycles. The number of amides is 2. The molecule has 2 amide bonds. The van der Waals surface area contributed by atoms with Gasteiger partial charge in [-0.3, -0.25) is 9.59 Å². The minimum atomic E-state index is -0.670. The molecule has 0 aliphatic rings. The van der Waals surface area contributed by atoms with Crippen LogP contribution in [0.3, 0.4) is 0 Å². The van der Waals surface area contributed by atoms with Gasteiger partial charge in [-0.25, -0.2) is 0 Å². The monoisotopic (exact) mass is 217 g/mol. The van der Waals surface area contributed by atoms with Crippen LogP contribution in [0.5, 0.6) is 0 Å². The second kappa shape index (κ2) is 5.54. The lowest BCUT2D eigenvalue weighted by Crippen LogP contribution is -2.48. The Bertz CT molecular complexity index is 253. The van der Waals surface area contributed by atoms with Crippen LogP contribution in [0.1, 0.15) is 20.3 Å². The van der Waals surface area contributed by atoms with E-state index in [2.05, 4.69) is 17.5 Å². The summed E-state index contributed by atoms with van der Waals surface area (Å²) in [6.45, 7) is 3.58. The molecule has 0 bridgehead atoms. The third kappa shape index (κ3) is 4.76. The van der Waals surface area contributed by atoms with Gasteiger partial charge in [0, 0.05) is 0 Å². The molecule has 14 heavy (non-hydrogen) atoms. The molecule has 5 nitrogen and oxygen atoms in total. The molecule has 6 heteroatoms. The van der Waals surface area contributed by atoms with E-state index in [9.17, 15) is 9.59 Å². The Morgan fingerprint density at radius 2 is 1.86 bits per heavy atom. The van der Waals surface area contributed by atoms with Crippen LogP contribution in [-0.4, -0.2) is 22.8 Å². The Balaban J connectivity index is 4.24. The normalized spacial score (nSPS) is 12.2. The van der Waals surface area contributed by atoms with Crippen LogP contribution in [0.25, 0.3) is 0 Å². The summed E-state index contributed by atoms with van der Waals surface area (Å²) in [4.78, 5) is 22.2. The smallest absolute Gasteiger partial charge is 0.240 e. The summed E-state index contributed by atoms with van der Waals surface area (Å²) in [5.41, 5.74) is 10.3. The maximum absolute atomic E-state index is 11.2. The van der Waals surface area contributed by atoms with Gasteiger partial charge >= 0.3 is 0 Å². The minimum absolute atomic E-state index is 0.0530. The summed E-state index contributed by atoms with van der Waals surface area (Å²) in [5, 5.41) is 2.47. The van der Waals surface area contributed by atoms with Crippen LogP contribution < -0.4 is 16.8 Å². The largest absolute Gasteiger partial charge is 0.393 e. The molecule has 5 N–H and O–H groups in total. The fraction of sp³-hybridized carbons (Fsp3) is 0.625. The fourth-order valence-electron chi connectivity index (χ4n) is 0.949. The molecule has 1 unspecified atom stereocenters. The lowest BCUT2D eigenvalue weighted by molar-refractivity contribution is -0.127. The number of primary amides is 1. The van der Waals surface area contributed by atoms with E-state index in [1.807, 2.05) is 0 Å². The standard InChI is InChI=1S/C8H15N3O2S/c1-4(2)7(8(10)13)11-6(12)3-5(9)14/h4,7H,3H2,1-2H3,(H2,9,14)(H2,10,13)(H,11,12). The summed E-state index contributed by atoms with van der Waals surface area (Å²) in [7, 11) is 0. The molecule has 0 aromatic carbocycles. The van der Waals surface area contributed by atoms with Gasteiger partial charge in [0.2, 0.25) is 11.8 Å². The average Bonchev–Trinajstić information content (AvgIpc) is 1.97. The predicted molar refractivity (Wildman–Crippen MR) is 57.4 cm³/mol. The van der Waals surface area contributed by atoms with Crippen molar-refractivity contribution in [2.24, 2.45) is 17.4 Å². The molecular weight excluding hydrogens is 202 g/mol. The van der Waals surface area contributed by atoms with Gasteiger partial charge in [0.05, 0.1) is 11.4 Å². The Morgan fingerprint density at radius 1 is 1.36 bits per heavy atom. The van der Waals surface area contributed by atoms with Gasteiger partial charge in [0.1, 0.15) is 6.04 Å². The number of rotatable bonds is 5. The van der Waals surface area contributed by atoms with Crippen molar-refractivity contribution in [1.29, 1.82) is 0 Å². The van der Waals surface area contributed by atoms with Crippen molar-refractivity contribution in [3.8, 4) is 0 Å². The molecule has 0 saturated carbocycles. The first kappa shape index (κ1) is 12.8. The molecule has 0 aliphatic carbocycles. The van der Waals surface area contributed by atoms with E-state index >= 15 is 0 Å². The summed E-state index contributed by atoms with van der Waals surface area (Å²) in [6, 6.07) is -0.670. The second-order valence-electron chi connectivity index (χ2n) is 3.33. The quantitative estimate of drug-likeness (QED) is 0.530. The maximum atomic E-state index is 11.2. The first-order valence-corrected chi connectivity index (χ1v) is 4.62. The highest BCUT2D eigenvalue weighted by atomic mass is 32.1. The van der Waals surface area contributed by atoms with Crippen LogP contribution in [0.2, 0.25) is 0 Å². The van der Waals surface area contributed by atoms with Gasteiger partial charge in [0.25, 0.3) is 0 Å². The molecule has 80 valence electrons. The molecule has 0 aliphatic heterocycles. The van der Waals surface area contributed by atoms with Gasteiger partial charge in [-0.1, -0.05) is 26.1 Å². The highest BCUT2D eigenvalue weighted by Crippen LogP contribution is 2.00. The third-order valence-corrected chi connectivity index (χ3v) is 1.77. The van der Waals surface area contributed by atoms with E-state index < -0.39 is 11.9 Å². The molecule has 0 aromatic rings. The van der Waals surface area contributed by atoms with Crippen molar-refractivity contribution in [3.63, 3.8) is 0 Å². The first-order chi connectivity index (χ1) is 6.34. The summed E-state index contributed by atoms with van der Waals surface area (Å²) in [5.74, 6) is -0.992. The van der Waals surface area contributed by atoms with Gasteiger partial charge in [-0.2, -0.15) is 0 Å². The van der Waals surface area contributed by atoms with Crippen molar-refractivity contribution in [2.45, 2.75) is 26.3 Å². The maximum Gasteiger partial charge on any atom is 0.240 e. The lowest BCUT2D eigenvalue weighted by atomic mass is 10.0. The molecule has 0 heterocycles. The number of hydrogen-bond acceptors (Lipinski definition) is 3. The van der Waals surface area contributed by atoms with Gasteiger partial charge in [-0.15, -0.1) is 0 Å². The van der Waals surface area contributed by atoms with Gasteiger partial charge in [0.15, 0.2) is 0 Å². The van der Waals surface area contributed by atoms with Crippen molar-refractivity contribution in [1.82, 2.24) is 5.32 Å². The number of hydrogen-bond donors (Lipinski definition) is 3. The topological polar surface area (TPSA) is 98.2 Å². The van der Waals surface area contributed by atoms with Crippen LogP contribution in [0.15, 0.2) is 0 Å². The number of nitrogens with two attached hydrogens (primary N) is 2. The van der Waals surface area contributed by atoms with Gasteiger partial charge in [-0.05, 0) is 5.92 Å². The van der Waals surface area contributed by atoms with Crippen molar-refractivity contribution < 1.29 is 9.59 Å². The Kier molecular flexibility index (Phi) is 5.07. The molecule has 0 radical (unpaired) electrons. The van der Waals surface area contributed by atoms with E-state index in [0.29, 0.717) is 0 Å². The number of carbonyl (C=O) groups is 2. The lowest BCUT2D eigenvalue weighted by Gasteiger charge is -2.18. The molecule has 1 atom stereocenters. The van der Waals surface area contributed by atoms with E-state index in [1.54, 1.807) is 13.8 Å². The van der Waals surface area contributed by atoms with Crippen LogP contribution in [-0.2, 0) is 9.59 Å². The predicted octanol–water partition coefficient (Wildman–Crippen LogP) is -0.711. The first-order valence-electron chi connectivity index (χ1n) is 4.21. The summed E-state index contributed by atoms with van der Waals surface area (Å²) in [6.07, 6.45) is -0.0637. The summed E-state index contributed by atoms with van der Waals surface area (Å²) >= 11 is 4.56. The highest BCUT2D eigenvalue weighted by molar-refractivity contribution is 7.80.